The van der Waals surface area contributed by atoms with Crippen LogP contribution in [0.25, 0.3) is 0 Å². The molecule has 0 aliphatic heterocycles. The third-order valence-corrected chi connectivity index (χ3v) is 4.18. The molecule has 0 saturated heterocycles. The summed E-state index contributed by atoms with van der Waals surface area (Å²) in [5.41, 5.74) is 1.39. The Kier molecular flexibility index (Phi) is 4.51. The molecule has 0 saturated carbocycles. The maximum atomic E-state index is 12.0. The molecule has 2 aromatic heterocycles. The minimum atomic E-state index is -0.465. The Morgan fingerprint density at radius 1 is 1.27 bits per heavy atom. The number of rotatable bonds is 4. The summed E-state index contributed by atoms with van der Waals surface area (Å²) in [6.45, 7) is 6.48. The summed E-state index contributed by atoms with van der Waals surface area (Å²) >= 11 is 1.12. The Bertz CT molecular complexity index is 807. The highest BCUT2D eigenvalue weighted by Gasteiger charge is 2.14. The monoisotopic (exact) mass is 320 g/mol. The summed E-state index contributed by atoms with van der Waals surface area (Å²) < 4.78 is 1.29. The molecule has 2 heterocycles. The summed E-state index contributed by atoms with van der Waals surface area (Å²) in [5.74, 6) is -0.481. The zero-order valence-corrected chi connectivity index (χ0v) is 13.6. The molecule has 0 aliphatic carbocycles. The van der Waals surface area contributed by atoms with E-state index in [0.717, 1.165) is 11.3 Å². The molecule has 8 heteroatoms. The van der Waals surface area contributed by atoms with Crippen LogP contribution in [-0.2, 0) is 11.3 Å². The van der Waals surface area contributed by atoms with E-state index >= 15 is 0 Å². The number of nitrogens with one attached hydrogen (secondary N) is 1. The lowest BCUT2D eigenvalue weighted by molar-refractivity contribution is -0.116. The van der Waals surface area contributed by atoms with E-state index in [0.29, 0.717) is 27.1 Å². The van der Waals surface area contributed by atoms with Gasteiger partial charge in [-0.1, -0.05) is 11.3 Å². The molecule has 0 radical (unpaired) electrons. The van der Waals surface area contributed by atoms with E-state index in [1.54, 1.807) is 26.8 Å². The molecule has 0 unspecified atom stereocenters. The molecule has 0 fully saturated rings. The van der Waals surface area contributed by atoms with Crippen LogP contribution in [0.3, 0.4) is 0 Å². The van der Waals surface area contributed by atoms with Crippen molar-refractivity contribution in [3.05, 3.63) is 38.5 Å². The van der Waals surface area contributed by atoms with Crippen molar-refractivity contribution < 1.29 is 9.59 Å². The zero-order valence-electron chi connectivity index (χ0n) is 12.8. The molecule has 7 nitrogen and oxygen atoms in total. The van der Waals surface area contributed by atoms with Crippen LogP contribution in [0, 0.1) is 20.8 Å². The Balaban J connectivity index is 2.16. The number of hydrogen-bond donors (Lipinski definition) is 1. The average molecular weight is 320 g/mol. The lowest BCUT2D eigenvalue weighted by Gasteiger charge is -2.08. The molecule has 0 atom stereocenters. The molecule has 0 spiro atoms. The highest BCUT2D eigenvalue weighted by atomic mass is 32.1. The minimum absolute atomic E-state index is 0.0923. The van der Waals surface area contributed by atoms with Gasteiger partial charge in [0.25, 0.3) is 0 Å². The highest BCUT2D eigenvalue weighted by molar-refractivity contribution is 7.17. The van der Waals surface area contributed by atoms with Crippen molar-refractivity contribution in [1.82, 2.24) is 14.5 Å². The first-order valence-corrected chi connectivity index (χ1v) is 7.43. The molecule has 2 rings (SSSR count). The second kappa shape index (κ2) is 6.18. The predicted octanol–water partition coefficient (Wildman–Crippen LogP) is 1.47. The van der Waals surface area contributed by atoms with E-state index in [9.17, 15) is 14.4 Å². The summed E-state index contributed by atoms with van der Waals surface area (Å²) in [6, 6.07) is 1.73. The quantitative estimate of drug-likeness (QED) is 0.861. The van der Waals surface area contributed by atoms with E-state index in [4.69, 9.17) is 0 Å². The van der Waals surface area contributed by atoms with Gasteiger partial charge in [0.1, 0.15) is 6.54 Å². The van der Waals surface area contributed by atoms with Crippen LogP contribution in [0.1, 0.15) is 33.7 Å². The van der Waals surface area contributed by atoms with Gasteiger partial charge < -0.3 is 5.32 Å². The topological polar surface area (TPSA) is 94.0 Å². The zero-order chi connectivity index (χ0) is 16.4. The lowest BCUT2D eigenvalue weighted by atomic mass is 10.3. The van der Waals surface area contributed by atoms with Crippen molar-refractivity contribution in [1.29, 1.82) is 0 Å². The Hall–Kier alpha value is -2.35. The first kappa shape index (κ1) is 16.0. The Morgan fingerprint density at radius 3 is 2.50 bits per heavy atom. The molecular formula is C14H16N4O3S. The van der Waals surface area contributed by atoms with Crippen LogP contribution in [0.5, 0.6) is 0 Å². The third kappa shape index (κ3) is 3.45. The molecule has 0 bridgehead atoms. The summed E-state index contributed by atoms with van der Waals surface area (Å²) in [7, 11) is 0. The van der Waals surface area contributed by atoms with Gasteiger partial charge in [-0.05, 0) is 26.8 Å². The number of nitrogens with zero attached hydrogens (tertiary/aromatic N) is 3. The molecule has 116 valence electrons. The SMILES string of the molecule is CC(=O)c1sc(NC(=O)Cn2c(C)cc(C)nc2=O)nc1C. The van der Waals surface area contributed by atoms with Crippen molar-refractivity contribution in [2.75, 3.05) is 5.32 Å². The number of thiazole rings is 1. The summed E-state index contributed by atoms with van der Waals surface area (Å²) in [5, 5.41) is 2.95. The molecule has 0 aliphatic rings. The van der Waals surface area contributed by atoms with E-state index in [2.05, 4.69) is 15.3 Å². The predicted molar refractivity (Wildman–Crippen MR) is 83.5 cm³/mol. The van der Waals surface area contributed by atoms with Crippen LogP contribution < -0.4 is 11.0 Å². The lowest BCUT2D eigenvalue weighted by Crippen LogP contribution is -2.31. The number of carbonyl (C=O) groups excluding carboxylic acids is 2. The number of anilines is 1. The number of aryl methyl sites for hydroxylation is 3. The number of ketones is 1. The fourth-order valence-electron chi connectivity index (χ4n) is 2.05. The van der Waals surface area contributed by atoms with Crippen molar-refractivity contribution in [3.8, 4) is 0 Å². The average Bonchev–Trinajstić information content (AvgIpc) is 2.74. The number of Topliss-reactive ketones (excluding diaryl/α,β-unsaturated/α-hetero) is 1. The third-order valence-electron chi connectivity index (χ3n) is 3.01. The van der Waals surface area contributed by atoms with Crippen LogP contribution >= 0.6 is 11.3 Å². The summed E-state index contributed by atoms with van der Waals surface area (Å²) in [4.78, 5) is 43.7. The van der Waals surface area contributed by atoms with Crippen LogP contribution in [0.15, 0.2) is 10.9 Å². The van der Waals surface area contributed by atoms with Crippen molar-refractivity contribution in [3.63, 3.8) is 0 Å². The Labute approximate surface area is 131 Å². The normalized spacial score (nSPS) is 10.5. The van der Waals surface area contributed by atoms with Gasteiger partial charge in [-0.25, -0.2) is 9.78 Å². The largest absolute Gasteiger partial charge is 0.348 e. The van der Waals surface area contributed by atoms with Crippen LogP contribution in [0.4, 0.5) is 5.13 Å². The maximum absolute atomic E-state index is 12.0. The Morgan fingerprint density at radius 2 is 1.95 bits per heavy atom. The van der Waals surface area contributed by atoms with E-state index in [1.165, 1.54) is 11.5 Å². The van der Waals surface area contributed by atoms with Gasteiger partial charge >= 0.3 is 5.69 Å². The van der Waals surface area contributed by atoms with Gasteiger partial charge in [0, 0.05) is 18.3 Å². The van der Waals surface area contributed by atoms with Crippen molar-refractivity contribution in [2.45, 2.75) is 34.2 Å². The fourth-order valence-corrected chi connectivity index (χ4v) is 2.92. The maximum Gasteiger partial charge on any atom is 0.348 e. The number of aromatic nitrogens is 3. The van der Waals surface area contributed by atoms with Gasteiger partial charge in [-0.3, -0.25) is 14.2 Å². The first-order chi connectivity index (χ1) is 10.3. The highest BCUT2D eigenvalue weighted by Crippen LogP contribution is 2.22. The number of carbonyl (C=O) groups is 2. The van der Waals surface area contributed by atoms with Gasteiger partial charge in [0.05, 0.1) is 10.6 Å². The van der Waals surface area contributed by atoms with Gasteiger partial charge in [0.2, 0.25) is 5.91 Å². The molecule has 22 heavy (non-hydrogen) atoms. The molecular weight excluding hydrogens is 304 g/mol. The van der Waals surface area contributed by atoms with Crippen LogP contribution in [0.2, 0.25) is 0 Å². The fraction of sp³-hybridized carbons (Fsp3) is 0.357. The second-order valence-corrected chi connectivity index (χ2v) is 5.94. The summed E-state index contributed by atoms with van der Waals surface area (Å²) in [6.07, 6.45) is 0. The van der Waals surface area contributed by atoms with E-state index < -0.39 is 5.69 Å². The van der Waals surface area contributed by atoms with Crippen LogP contribution in [-0.4, -0.2) is 26.2 Å². The van der Waals surface area contributed by atoms with Gasteiger partial charge in [0.15, 0.2) is 10.9 Å². The molecule has 1 N–H and O–H groups in total. The van der Waals surface area contributed by atoms with Gasteiger partial charge in [-0.15, -0.1) is 0 Å². The van der Waals surface area contributed by atoms with E-state index in [-0.39, 0.29) is 18.2 Å². The molecule has 1 amide bonds. The smallest absolute Gasteiger partial charge is 0.300 e. The second-order valence-electron chi connectivity index (χ2n) is 4.95. The molecule has 2 aromatic rings. The van der Waals surface area contributed by atoms with Gasteiger partial charge in [-0.2, -0.15) is 4.98 Å². The first-order valence-electron chi connectivity index (χ1n) is 6.61. The minimum Gasteiger partial charge on any atom is -0.300 e. The van der Waals surface area contributed by atoms with E-state index in [1.807, 2.05) is 0 Å². The number of amides is 1. The van der Waals surface area contributed by atoms with Crippen molar-refractivity contribution >= 4 is 28.2 Å². The van der Waals surface area contributed by atoms with Crippen molar-refractivity contribution in [2.24, 2.45) is 0 Å². The molecule has 0 aromatic carbocycles. The number of hydrogen-bond acceptors (Lipinski definition) is 6. The standard InChI is InChI=1S/C14H16N4O3S/c1-7-5-8(2)18(14(21)15-7)6-11(20)17-13-16-9(3)12(22-13)10(4)19/h5H,6H2,1-4H3,(H,16,17,20).